The van der Waals surface area contributed by atoms with Crippen LogP contribution in [0, 0.1) is 0 Å². The van der Waals surface area contributed by atoms with Crippen molar-refractivity contribution in [3.8, 4) is 0 Å². The molecule has 0 aromatic heterocycles. The number of amides is 4. The molecule has 1 heterocycles. The summed E-state index contributed by atoms with van der Waals surface area (Å²) < 4.78 is 0. The molecule has 4 amide bonds. The molecule has 1 fully saturated rings. The maximum Gasteiger partial charge on any atom is 0.325 e. The lowest BCUT2D eigenvalue weighted by molar-refractivity contribution is 0.199. The highest BCUT2D eigenvalue weighted by atomic mass is 16.2. The average Bonchev–Trinajstić information content (AvgIpc) is 2.52. The fourth-order valence-corrected chi connectivity index (χ4v) is 1.13. The van der Waals surface area contributed by atoms with Crippen LogP contribution in [0.15, 0.2) is 0 Å². The van der Waals surface area contributed by atoms with Gasteiger partial charge in [-0.15, -0.1) is 0 Å². The van der Waals surface area contributed by atoms with Crippen LogP contribution < -0.4 is 10.6 Å². The molecule has 0 radical (unpaired) electrons. The summed E-state index contributed by atoms with van der Waals surface area (Å²) in [5.41, 5.74) is 0. The minimum absolute atomic E-state index is 0.288. The van der Waals surface area contributed by atoms with Gasteiger partial charge in [0.25, 0.3) is 0 Å². The monoisotopic (exact) mass is 185 g/mol. The quantitative estimate of drug-likeness (QED) is 0.630. The Bertz CT molecular complexity index is 206. The van der Waals surface area contributed by atoms with Crippen molar-refractivity contribution in [2.75, 3.05) is 19.6 Å². The summed E-state index contributed by atoms with van der Waals surface area (Å²) in [6.45, 7) is 3.71. The van der Waals surface area contributed by atoms with Gasteiger partial charge in [-0.2, -0.15) is 0 Å². The van der Waals surface area contributed by atoms with Gasteiger partial charge in [-0.05, 0) is 6.42 Å². The largest absolute Gasteiger partial charge is 0.338 e. The second-order valence-electron chi connectivity index (χ2n) is 2.97. The van der Waals surface area contributed by atoms with Gasteiger partial charge < -0.3 is 10.6 Å². The summed E-state index contributed by atoms with van der Waals surface area (Å²) in [5.74, 6) is 0. The Labute approximate surface area is 77.5 Å². The third-order valence-electron chi connectivity index (χ3n) is 1.91. The number of carbonyl (C=O) groups is 2. The highest BCUT2D eigenvalue weighted by molar-refractivity contribution is 5.94. The summed E-state index contributed by atoms with van der Waals surface area (Å²) in [5, 5.41) is 5.25. The van der Waals surface area contributed by atoms with E-state index in [4.69, 9.17) is 0 Å². The normalized spacial score (nSPS) is 15.8. The van der Waals surface area contributed by atoms with E-state index in [0.29, 0.717) is 19.6 Å². The van der Waals surface area contributed by atoms with Crippen LogP contribution >= 0.6 is 0 Å². The lowest BCUT2D eigenvalue weighted by Gasteiger charge is -2.12. The Morgan fingerprint density at radius 1 is 1.69 bits per heavy atom. The first-order chi connectivity index (χ1) is 6.25. The molecular weight excluding hydrogens is 170 g/mol. The van der Waals surface area contributed by atoms with Crippen LogP contribution in [0.5, 0.6) is 0 Å². The molecule has 0 spiro atoms. The number of nitrogens with zero attached hydrogens (tertiary/aromatic N) is 1. The van der Waals surface area contributed by atoms with Crippen molar-refractivity contribution < 1.29 is 9.59 Å². The SMILES string of the molecule is CCCCNC(=O)N1CCNC1=O. The molecular formula is C8H15N3O2. The van der Waals surface area contributed by atoms with E-state index in [1.165, 1.54) is 4.90 Å². The lowest BCUT2D eigenvalue weighted by atomic mass is 10.3. The summed E-state index contributed by atoms with van der Waals surface area (Å²) in [6.07, 6.45) is 1.98. The molecule has 1 saturated heterocycles. The van der Waals surface area contributed by atoms with Crippen LogP contribution in [0.25, 0.3) is 0 Å². The molecule has 0 atom stereocenters. The predicted octanol–water partition coefficient (Wildman–Crippen LogP) is 0.521. The van der Waals surface area contributed by atoms with Crippen LogP contribution in [-0.4, -0.2) is 36.6 Å². The fourth-order valence-electron chi connectivity index (χ4n) is 1.13. The zero-order chi connectivity index (χ0) is 9.68. The van der Waals surface area contributed by atoms with Gasteiger partial charge in [0.1, 0.15) is 0 Å². The zero-order valence-corrected chi connectivity index (χ0v) is 7.80. The van der Waals surface area contributed by atoms with Gasteiger partial charge >= 0.3 is 12.1 Å². The molecule has 1 aliphatic heterocycles. The lowest BCUT2D eigenvalue weighted by Crippen LogP contribution is -2.42. The maximum atomic E-state index is 11.3. The van der Waals surface area contributed by atoms with Crippen LogP contribution in [0.2, 0.25) is 0 Å². The summed E-state index contributed by atoms with van der Waals surface area (Å²) in [7, 11) is 0. The van der Waals surface area contributed by atoms with E-state index >= 15 is 0 Å². The zero-order valence-electron chi connectivity index (χ0n) is 7.80. The Morgan fingerprint density at radius 3 is 3.00 bits per heavy atom. The van der Waals surface area contributed by atoms with Gasteiger partial charge in [-0.3, -0.25) is 0 Å². The Morgan fingerprint density at radius 2 is 2.46 bits per heavy atom. The van der Waals surface area contributed by atoms with E-state index in [1.807, 2.05) is 0 Å². The number of carbonyl (C=O) groups excluding carboxylic acids is 2. The molecule has 0 unspecified atom stereocenters. The van der Waals surface area contributed by atoms with Crippen LogP contribution in [0.3, 0.4) is 0 Å². The summed E-state index contributed by atoms with van der Waals surface area (Å²) in [6, 6.07) is -0.586. The first kappa shape index (κ1) is 9.83. The molecule has 74 valence electrons. The minimum Gasteiger partial charge on any atom is -0.338 e. The van der Waals surface area contributed by atoms with Crippen LogP contribution in [0.4, 0.5) is 9.59 Å². The van der Waals surface area contributed by atoms with Gasteiger partial charge in [0, 0.05) is 19.6 Å². The number of imide groups is 1. The third kappa shape index (κ3) is 2.61. The molecule has 0 bridgehead atoms. The fraction of sp³-hybridized carbons (Fsp3) is 0.750. The topological polar surface area (TPSA) is 61.4 Å². The predicted molar refractivity (Wildman–Crippen MR) is 48.4 cm³/mol. The second kappa shape index (κ2) is 4.69. The molecule has 1 aliphatic rings. The van der Waals surface area contributed by atoms with Crippen molar-refractivity contribution in [3.05, 3.63) is 0 Å². The Kier molecular flexibility index (Phi) is 3.54. The number of nitrogens with one attached hydrogen (secondary N) is 2. The first-order valence-electron chi connectivity index (χ1n) is 4.59. The van der Waals surface area contributed by atoms with Crippen molar-refractivity contribution in [1.29, 1.82) is 0 Å². The molecule has 5 heteroatoms. The summed E-state index contributed by atoms with van der Waals surface area (Å²) in [4.78, 5) is 23.5. The number of unbranched alkanes of at least 4 members (excludes halogenated alkanes) is 1. The van der Waals surface area contributed by atoms with E-state index in [9.17, 15) is 9.59 Å². The molecule has 0 aromatic rings. The standard InChI is InChI=1S/C8H15N3O2/c1-2-3-4-9-7(12)11-6-5-10-8(11)13/h2-6H2,1H3,(H,9,12)(H,10,13). The van der Waals surface area contributed by atoms with Crippen molar-refractivity contribution in [2.24, 2.45) is 0 Å². The molecule has 0 saturated carbocycles. The van der Waals surface area contributed by atoms with E-state index in [1.54, 1.807) is 0 Å². The van der Waals surface area contributed by atoms with Gasteiger partial charge in [0.05, 0.1) is 0 Å². The highest BCUT2D eigenvalue weighted by Crippen LogP contribution is 1.96. The third-order valence-corrected chi connectivity index (χ3v) is 1.91. The van der Waals surface area contributed by atoms with Crippen molar-refractivity contribution in [1.82, 2.24) is 15.5 Å². The van der Waals surface area contributed by atoms with Crippen LogP contribution in [-0.2, 0) is 0 Å². The molecule has 0 aromatic carbocycles. The van der Waals surface area contributed by atoms with Gasteiger partial charge in [0.15, 0.2) is 0 Å². The van der Waals surface area contributed by atoms with Crippen molar-refractivity contribution in [2.45, 2.75) is 19.8 Å². The van der Waals surface area contributed by atoms with E-state index in [0.717, 1.165) is 12.8 Å². The maximum absolute atomic E-state index is 11.3. The van der Waals surface area contributed by atoms with E-state index in [2.05, 4.69) is 17.6 Å². The van der Waals surface area contributed by atoms with Gasteiger partial charge in [-0.1, -0.05) is 13.3 Å². The van der Waals surface area contributed by atoms with E-state index < -0.39 is 0 Å². The van der Waals surface area contributed by atoms with Gasteiger partial charge in [-0.25, -0.2) is 14.5 Å². The van der Waals surface area contributed by atoms with Gasteiger partial charge in [0.2, 0.25) is 0 Å². The highest BCUT2D eigenvalue weighted by Gasteiger charge is 2.25. The molecule has 2 N–H and O–H groups in total. The van der Waals surface area contributed by atoms with Crippen molar-refractivity contribution >= 4 is 12.1 Å². The molecule has 0 aliphatic carbocycles. The molecule has 5 nitrogen and oxygen atoms in total. The smallest absolute Gasteiger partial charge is 0.325 e. The number of hydrogen-bond donors (Lipinski definition) is 2. The minimum atomic E-state index is -0.297. The average molecular weight is 185 g/mol. The number of hydrogen-bond acceptors (Lipinski definition) is 2. The van der Waals surface area contributed by atoms with Crippen LogP contribution in [0.1, 0.15) is 19.8 Å². The van der Waals surface area contributed by atoms with Crippen molar-refractivity contribution in [3.63, 3.8) is 0 Å². The first-order valence-corrected chi connectivity index (χ1v) is 4.59. The number of urea groups is 2. The molecule has 13 heavy (non-hydrogen) atoms. The second-order valence-corrected chi connectivity index (χ2v) is 2.97. The Hall–Kier alpha value is -1.26. The number of rotatable bonds is 3. The molecule has 1 rings (SSSR count). The van der Waals surface area contributed by atoms with E-state index in [-0.39, 0.29) is 12.1 Å². The Balaban J connectivity index is 2.26. The summed E-state index contributed by atoms with van der Waals surface area (Å²) >= 11 is 0.